The van der Waals surface area contributed by atoms with E-state index < -0.39 is 12.6 Å². The Morgan fingerprint density at radius 1 is 1.29 bits per heavy atom. The van der Waals surface area contributed by atoms with Gasteiger partial charge in [-0.3, -0.25) is 0 Å². The maximum absolute atomic E-state index is 12.0. The molecule has 0 aliphatic carbocycles. The molecular formula is C8H10BF3NS-. The van der Waals surface area contributed by atoms with E-state index in [4.69, 9.17) is 0 Å². The van der Waals surface area contributed by atoms with Gasteiger partial charge in [0.2, 0.25) is 0 Å². The summed E-state index contributed by atoms with van der Waals surface area (Å²) in [7, 11) is 0. The van der Waals surface area contributed by atoms with Crippen LogP contribution >= 0.6 is 11.8 Å². The number of pyridine rings is 1. The molecule has 0 saturated carbocycles. The molecule has 0 aliphatic rings. The third kappa shape index (κ3) is 4.04. The number of rotatable bonds is 3. The van der Waals surface area contributed by atoms with Crippen molar-refractivity contribution < 1.29 is 12.9 Å². The summed E-state index contributed by atoms with van der Waals surface area (Å²) in [4.78, 5) is 4.01. The highest BCUT2D eigenvalue weighted by Crippen LogP contribution is 2.23. The van der Waals surface area contributed by atoms with Crippen LogP contribution in [0.5, 0.6) is 0 Å². The molecule has 0 aromatic carbocycles. The van der Waals surface area contributed by atoms with Gasteiger partial charge in [0.1, 0.15) is 0 Å². The van der Waals surface area contributed by atoms with E-state index in [1.54, 1.807) is 13.0 Å². The number of aryl methyl sites for hydroxylation is 2. The zero-order chi connectivity index (χ0) is 10.8. The zero-order valence-corrected chi connectivity index (χ0v) is 8.75. The van der Waals surface area contributed by atoms with Crippen LogP contribution in [0.25, 0.3) is 0 Å². The molecule has 1 nitrogen and oxygen atoms in total. The summed E-state index contributed by atoms with van der Waals surface area (Å²) in [5.41, 5.74) is 0.868. The van der Waals surface area contributed by atoms with Gasteiger partial charge in [-0.15, -0.1) is 11.8 Å². The Morgan fingerprint density at radius 2 is 1.93 bits per heavy atom. The minimum Gasteiger partial charge on any atom is -0.448 e. The van der Waals surface area contributed by atoms with E-state index in [2.05, 4.69) is 4.98 Å². The Hall–Kier alpha value is -0.645. The Kier molecular flexibility index (Phi) is 3.47. The first kappa shape index (κ1) is 11.4. The maximum Gasteiger partial charge on any atom is 0.488 e. The maximum atomic E-state index is 12.0. The van der Waals surface area contributed by atoms with Crippen molar-refractivity contribution in [3.05, 3.63) is 23.4 Å². The summed E-state index contributed by atoms with van der Waals surface area (Å²) in [6.45, 7) is -1.11. The standard InChI is InChI=1S/C8H10BF3NS/c1-6-3-7(2)13-8(4-6)14-5-9(10,11)12/h3-4H,5H2,1-2H3/q-1. The molecule has 0 amide bonds. The first-order valence-electron chi connectivity index (χ1n) is 4.16. The van der Waals surface area contributed by atoms with Gasteiger partial charge in [-0.1, -0.05) is 0 Å². The summed E-state index contributed by atoms with van der Waals surface area (Å²) in [6, 6.07) is 3.50. The second-order valence-corrected chi connectivity index (χ2v) is 4.19. The van der Waals surface area contributed by atoms with Gasteiger partial charge in [0.05, 0.1) is 5.03 Å². The monoisotopic (exact) mass is 220 g/mol. The third-order valence-corrected chi connectivity index (χ3v) is 2.54. The number of aromatic nitrogens is 1. The average Bonchev–Trinajstić information content (AvgIpc) is 1.97. The summed E-state index contributed by atoms with van der Waals surface area (Å²) >= 11 is 0.747. The van der Waals surface area contributed by atoms with Crippen molar-refractivity contribution in [3.63, 3.8) is 0 Å². The number of nitrogens with zero attached hydrogens (tertiary/aromatic N) is 1. The fraction of sp³-hybridized carbons (Fsp3) is 0.375. The molecule has 0 N–H and O–H groups in total. The first-order valence-corrected chi connectivity index (χ1v) is 5.14. The molecule has 0 unspecified atom stereocenters. The van der Waals surface area contributed by atoms with E-state index in [1.165, 1.54) is 0 Å². The van der Waals surface area contributed by atoms with Crippen LogP contribution in [-0.2, 0) is 0 Å². The van der Waals surface area contributed by atoms with Crippen LogP contribution in [0.4, 0.5) is 12.9 Å². The van der Waals surface area contributed by atoms with E-state index >= 15 is 0 Å². The molecule has 0 radical (unpaired) electrons. The quantitative estimate of drug-likeness (QED) is 0.573. The fourth-order valence-corrected chi connectivity index (χ4v) is 1.90. The van der Waals surface area contributed by atoms with Crippen molar-refractivity contribution in [3.8, 4) is 0 Å². The third-order valence-electron chi connectivity index (χ3n) is 1.49. The smallest absolute Gasteiger partial charge is 0.448 e. The van der Waals surface area contributed by atoms with Crippen molar-refractivity contribution in [1.82, 2.24) is 4.98 Å². The van der Waals surface area contributed by atoms with Crippen LogP contribution in [-0.4, -0.2) is 17.6 Å². The molecule has 78 valence electrons. The lowest BCUT2D eigenvalue weighted by Gasteiger charge is -2.12. The van der Waals surface area contributed by atoms with Gasteiger partial charge in [-0.25, -0.2) is 4.98 Å². The van der Waals surface area contributed by atoms with Crippen LogP contribution in [0.2, 0.25) is 0 Å². The van der Waals surface area contributed by atoms with Gasteiger partial charge >= 0.3 is 6.98 Å². The van der Waals surface area contributed by atoms with E-state index in [9.17, 15) is 12.9 Å². The van der Waals surface area contributed by atoms with Gasteiger partial charge in [0, 0.05) is 5.69 Å². The van der Waals surface area contributed by atoms with Crippen LogP contribution < -0.4 is 0 Å². The molecule has 0 aliphatic heterocycles. The summed E-state index contributed by atoms with van der Waals surface area (Å²) in [6.07, 6.45) is 0. The molecule has 0 atom stereocenters. The lowest BCUT2D eigenvalue weighted by Crippen LogP contribution is -2.19. The van der Waals surface area contributed by atoms with Crippen molar-refractivity contribution in [2.45, 2.75) is 18.9 Å². The van der Waals surface area contributed by atoms with E-state index in [0.29, 0.717) is 5.03 Å². The second kappa shape index (κ2) is 4.25. The van der Waals surface area contributed by atoms with Crippen molar-refractivity contribution in [1.29, 1.82) is 0 Å². The number of hydrogen-bond donors (Lipinski definition) is 0. The molecule has 1 heterocycles. The normalized spacial score (nSPS) is 11.8. The number of thioether (sulfide) groups is 1. The Morgan fingerprint density at radius 3 is 2.43 bits per heavy atom. The van der Waals surface area contributed by atoms with Gasteiger partial charge in [0.25, 0.3) is 0 Å². The predicted molar refractivity (Wildman–Crippen MR) is 53.5 cm³/mol. The Labute approximate surface area is 85.2 Å². The van der Waals surface area contributed by atoms with Crippen molar-refractivity contribution in [2.24, 2.45) is 0 Å². The molecule has 0 fully saturated rings. The highest BCUT2D eigenvalue weighted by molar-refractivity contribution is 8.00. The lowest BCUT2D eigenvalue weighted by atomic mass is 9.98. The minimum absolute atomic E-state index is 0.446. The van der Waals surface area contributed by atoms with E-state index in [-0.39, 0.29) is 0 Å². The summed E-state index contributed by atoms with van der Waals surface area (Å²) in [5.74, 6) is 0. The van der Waals surface area contributed by atoms with Crippen LogP contribution in [0.1, 0.15) is 11.3 Å². The highest BCUT2D eigenvalue weighted by atomic mass is 32.2. The van der Waals surface area contributed by atoms with Gasteiger partial charge in [-0.2, -0.15) is 0 Å². The van der Waals surface area contributed by atoms with Gasteiger partial charge in [-0.05, 0) is 37.2 Å². The number of hydrogen-bond acceptors (Lipinski definition) is 2. The van der Waals surface area contributed by atoms with E-state index in [0.717, 1.165) is 23.0 Å². The Bertz CT molecular complexity index is 307. The second-order valence-electron chi connectivity index (χ2n) is 3.15. The molecule has 6 heteroatoms. The molecular weight excluding hydrogens is 210 g/mol. The van der Waals surface area contributed by atoms with Crippen LogP contribution in [0.15, 0.2) is 17.2 Å². The molecule has 1 aromatic rings. The van der Waals surface area contributed by atoms with Crippen molar-refractivity contribution >= 4 is 18.7 Å². The molecule has 14 heavy (non-hydrogen) atoms. The predicted octanol–water partition coefficient (Wildman–Crippen LogP) is 3.18. The summed E-state index contributed by atoms with van der Waals surface area (Å²) < 4.78 is 35.9. The topological polar surface area (TPSA) is 12.9 Å². The molecule has 0 bridgehead atoms. The van der Waals surface area contributed by atoms with Crippen molar-refractivity contribution in [2.75, 3.05) is 5.65 Å². The fourth-order valence-electron chi connectivity index (χ4n) is 1.06. The van der Waals surface area contributed by atoms with Crippen LogP contribution in [0.3, 0.4) is 0 Å². The average molecular weight is 220 g/mol. The highest BCUT2D eigenvalue weighted by Gasteiger charge is 2.23. The van der Waals surface area contributed by atoms with Gasteiger partial charge in [0.15, 0.2) is 0 Å². The SMILES string of the molecule is Cc1cc(C)nc(SC[B-](F)(F)F)c1. The minimum atomic E-state index is -4.73. The largest absolute Gasteiger partial charge is 0.488 e. The molecule has 0 spiro atoms. The lowest BCUT2D eigenvalue weighted by molar-refractivity contribution is 0.485. The molecule has 1 aromatic heterocycles. The zero-order valence-electron chi connectivity index (χ0n) is 7.93. The molecule has 0 saturated heterocycles. The Balaban J connectivity index is 2.68. The van der Waals surface area contributed by atoms with E-state index in [1.807, 2.05) is 13.0 Å². The molecule has 1 rings (SSSR count). The van der Waals surface area contributed by atoms with Gasteiger partial charge < -0.3 is 12.9 Å². The number of halogens is 3. The summed E-state index contributed by atoms with van der Waals surface area (Å²) in [5, 5.41) is 0.446. The first-order chi connectivity index (χ1) is 6.37. The van der Waals surface area contributed by atoms with Crippen LogP contribution in [0, 0.1) is 13.8 Å².